The SMILES string of the molecule is CC(=O)Nc1cccc([C@H]2O[C@@H](CN3CCN(Cc4ccccc4)CC3)[C@@H](C)[C@@H](c3ccc(CO)cc3)O2)c1. The minimum absolute atomic E-state index is 0.0158. The van der Waals surface area contributed by atoms with Crippen LogP contribution in [-0.4, -0.2) is 59.6 Å². The van der Waals surface area contributed by atoms with Crippen LogP contribution in [0.3, 0.4) is 0 Å². The predicted octanol–water partition coefficient (Wildman–Crippen LogP) is 4.75. The number of nitrogens with one attached hydrogen (secondary N) is 1. The van der Waals surface area contributed by atoms with Crippen molar-refractivity contribution < 1.29 is 19.4 Å². The van der Waals surface area contributed by atoms with Crippen molar-refractivity contribution in [2.24, 2.45) is 5.92 Å². The van der Waals surface area contributed by atoms with E-state index in [0.717, 1.165) is 61.6 Å². The zero-order valence-electron chi connectivity index (χ0n) is 22.8. The Kier molecular flexibility index (Phi) is 9.06. The van der Waals surface area contributed by atoms with Gasteiger partial charge in [-0.3, -0.25) is 14.6 Å². The molecule has 2 saturated heterocycles. The van der Waals surface area contributed by atoms with Crippen molar-refractivity contribution in [1.29, 1.82) is 0 Å². The molecule has 0 radical (unpaired) electrons. The highest BCUT2D eigenvalue weighted by atomic mass is 16.7. The van der Waals surface area contributed by atoms with E-state index >= 15 is 0 Å². The number of piperazine rings is 1. The third-order valence-corrected chi connectivity index (χ3v) is 7.75. The Balaban J connectivity index is 1.30. The standard InChI is InChI=1S/C32H39N3O4/c1-23-30(21-35-17-15-34(16-18-35)20-25-7-4-3-5-8-25)38-32(28-9-6-10-29(19-28)33-24(2)37)39-31(23)27-13-11-26(22-36)12-14-27/h3-14,19,23,30-32,36H,15-18,20-22H2,1-2H3,(H,33,37)/t23-,30+,31+,32+/m1/s1. The molecule has 0 spiro atoms. The fraction of sp³-hybridized carbons (Fsp3) is 0.406. The zero-order valence-corrected chi connectivity index (χ0v) is 22.8. The molecule has 7 nitrogen and oxygen atoms in total. The number of rotatable bonds is 8. The van der Waals surface area contributed by atoms with Crippen molar-refractivity contribution >= 4 is 11.6 Å². The molecule has 7 heteroatoms. The van der Waals surface area contributed by atoms with Gasteiger partial charge >= 0.3 is 0 Å². The van der Waals surface area contributed by atoms with Crippen LogP contribution in [0.25, 0.3) is 0 Å². The molecule has 0 aliphatic carbocycles. The first-order valence-electron chi connectivity index (χ1n) is 13.9. The summed E-state index contributed by atoms with van der Waals surface area (Å²) in [6, 6.07) is 26.3. The average Bonchev–Trinajstić information content (AvgIpc) is 2.95. The summed E-state index contributed by atoms with van der Waals surface area (Å²) in [5.41, 5.74) is 4.90. The van der Waals surface area contributed by atoms with Crippen LogP contribution in [0.5, 0.6) is 0 Å². The van der Waals surface area contributed by atoms with Crippen LogP contribution in [0.1, 0.15) is 48.5 Å². The van der Waals surface area contributed by atoms with Crippen LogP contribution >= 0.6 is 0 Å². The number of amides is 1. The van der Waals surface area contributed by atoms with E-state index in [2.05, 4.69) is 52.4 Å². The lowest BCUT2D eigenvalue weighted by Crippen LogP contribution is -2.51. The lowest BCUT2D eigenvalue weighted by atomic mass is 9.90. The normalized spacial score (nSPS) is 24.4. The summed E-state index contributed by atoms with van der Waals surface area (Å²) >= 11 is 0. The number of aliphatic hydroxyl groups excluding tert-OH is 1. The second-order valence-corrected chi connectivity index (χ2v) is 10.7. The Morgan fingerprint density at radius 2 is 1.59 bits per heavy atom. The Hall–Kier alpha value is -3.07. The molecule has 3 aromatic carbocycles. The van der Waals surface area contributed by atoms with Crippen molar-refractivity contribution in [3.63, 3.8) is 0 Å². The molecule has 0 aromatic heterocycles. The quantitative estimate of drug-likeness (QED) is 0.439. The van der Waals surface area contributed by atoms with Crippen LogP contribution in [0.4, 0.5) is 5.69 Å². The summed E-state index contributed by atoms with van der Waals surface area (Å²) in [6.07, 6.45) is -0.747. The summed E-state index contributed by atoms with van der Waals surface area (Å²) < 4.78 is 13.2. The molecule has 5 rings (SSSR count). The number of carbonyl (C=O) groups excluding carboxylic acids is 1. The van der Waals surface area contributed by atoms with Crippen LogP contribution in [0, 0.1) is 5.92 Å². The molecule has 2 aliphatic rings. The molecule has 2 fully saturated rings. The predicted molar refractivity (Wildman–Crippen MR) is 152 cm³/mol. The van der Waals surface area contributed by atoms with Gasteiger partial charge in [-0.25, -0.2) is 0 Å². The fourth-order valence-corrected chi connectivity index (χ4v) is 5.52. The number of hydrogen-bond acceptors (Lipinski definition) is 6. The van der Waals surface area contributed by atoms with Crippen molar-refractivity contribution in [3.05, 3.63) is 101 Å². The lowest BCUT2D eigenvalue weighted by molar-refractivity contribution is -0.276. The second kappa shape index (κ2) is 12.9. The Bertz CT molecular complexity index is 1210. The third kappa shape index (κ3) is 7.12. The second-order valence-electron chi connectivity index (χ2n) is 10.7. The van der Waals surface area contributed by atoms with E-state index in [1.807, 2.05) is 48.5 Å². The fourth-order valence-electron chi connectivity index (χ4n) is 5.52. The van der Waals surface area contributed by atoms with Gasteiger partial charge in [0.1, 0.15) is 0 Å². The third-order valence-electron chi connectivity index (χ3n) is 7.75. The minimum atomic E-state index is -0.554. The number of benzene rings is 3. The van der Waals surface area contributed by atoms with Crippen molar-refractivity contribution in [3.8, 4) is 0 Å². The number of aliphatic hydroxyl groups is 1. The molecule has 39 heavy (non-hydrogen) atoms. The molecule has 2 N–H and O–H groups in total. The van der Waals surface area contributed by atoms with Gasteiger partial charge in [0.2, 0.25) is 5.91 Å². The number of ether oxygens (including phenoxy) is 2. The smallest absolute Gasteiger partial charge is 0.221 e. The van der Waals surface area contributed by atoms with Crippen LogP contribution < -0.4 is 5.32 Å². The Labute approximate surface area is 231 Å². The number of carbonyl (C=O) groups is 1. The van der Waals surface area contributed by atoms with Gasteiger partial charge in [0.25, 0.3) is 0 Å². The van der Waals surface area contributed by atoms with Gasteiger partial charge in [-0.2, -0.15) is 0 Å². The molecular formula is C32H39N3O4. The van der Waals surface area contributed by atoms with Gasteiger partial charge in [-0.05, 0) is 28.8 Å². The molecule has 0 unspecified atom stereocenters. The maximum Gasteiger partial charge on any atom is 0.221 e. The largest absolute Gasteiger partial charge is 0.392 e. The molecule has 4 atom stereocenters. The molecule has 0 bridgehead atoms. The highest BCUT2D eigenvalue weighted by Gasteiger charge is 2.39. The molecule has 3 aromatic rings. The summed E-state index contributed by atoms with van der Waals surface area (Å²) in [5.74, 6) is 0.0134. The van der Waals surface area contributed by atoms with E-state index in [4.69, 9.17) is 9.47 Å². The Morgan fingerprint density at radius 3 is 2.28 bits per heavy atom. The van der Waals surface area contributed by atoms with Crippen molar-refractivity contribution in [2.75, 3.05) is 38.0 Å². The summed E-state index contributed by atoms with van der Waals surface area (Å²) in [5, 5.41) is 12.4. The number of anilines is 1. The topological polar surface area (TPSA) is 74.3 Å². The maximum absolute atomic E-state index is 11.6. The molecule has 0 saturated carbocycles. The van der Waals surface area contributed by atoms with E-state index in [9.17, 15) is 9.90 Å². The van der Waals surface area contributed by atoms with E-state index < -0.39 is 6.29 Å². The van der Waals surface area contributed by atoms with Gasteiger partial charge in [-0.1, -0.05) is 73.7 Å². The molecule has 1 amide bonds. The van der Waals surface area contributed by atoms with Crippen LogP contribution in [-0.2, 0) is 27.4 Å². The van der Waals surface area contributed by atoms with Crippen molar-refractivity contribution in [2.45, 2.75) is 45.5 Å². The summed E-state index contributed by atoms with van der Waals surface area (Å²) in [4.78, 5) is 16.7. The first-order chi connectivity index (χ1) is 19.0. The first kappa shape index (κ1) is 27.5. The Morgan fingerprint density at radius 1 is 0.872 bits per heavy atom. The zero-order chi connectivity index (χ0) is 27.2. The summed E-state index contributed by atoms with van der Waals surface area (Å²) in [6.45, 7) is 9.59. The van der Waals surface area contributed by atoms with E-state index in [1.165, 1.54) is 12.5 Å². The van der Waals surface area contributed by atoms with Gasteiger partial charge < -0.3 is 19.9 Å². The molecule has 2 heterocycles. The monoisotopic (exact) mass is 529 g/mol. The van der Waals surface area contributed by atoms with E-state index in [1.54, 1.807) is 0 Å². The van der Waals surface area contributed by atoms with Crippen LogP contribution in [0.2, 0.25) is 0 Å². The van der Waals surface area contributed by atoms with E-state index in [-0.39, 0.29) is 30.6 Å². The first-order valence-corrected chi connectivity index (χ1v) is 13.9. The lowest BCUT2D eigenvalue weighted by Gasteiger charge is -2.44. The molecule has 2 aliphatic heterocycles. The maximum atomic E-state index is 11.6. The highest BCUT2D eigenvalue weighted by molar-refractivity contribution is 5.88. The van der Waals surface area contributed by atoms with Gasteiger partial charge in [0.05, 0.1) is 18.8 Å². The highest BCUT2D eigenvalue weighted by Crippen LogP contribution is 2.42. The van der Waals surface area contributed by atoms with Gasteiger partial charge in [-0.15, -0.1) is 0 Å². The average molecular weight is 530 g/mol. The number of nitrogens with zero attached hydrogens (tertiary/aromatic N) is 2. The molecule has 206 valence electrons. The van der Waals surface area contributed by atoms with E-state index in [0.29, 0.717) is 0 Å². The van der Waals surface area contributed by atoms with Crippen molar-refractivity contribution in [1.82, 2.24) is 9.80 Å². The molecular weight excluding hydrogens is 490 g/mol. The van der Waals surface area contributed by atoms with Gasteiger partial charge in [0, 0.05) is 63.4 Å². The van der Waals surface area contributed by atoms with Gasteiger partial charge in [0.15, 0.2) is 6.29 Å². The number of hydrogen-bond donors (Lipinski definition) is 2. The summed E-state index contributed by atoms with van der Waals surface area (Å²) in [7, 11) is 0. The minimum Gasteiger partial charge on any atom is -0.392 e. The van der Waals surface area contributed by atoms with Crippen LogP contribution in [0.15, 0.2) is 78.9 Å².